The molecule has 6 nitrogen and oxygen atoms in total. The topological polar surface area (TPSA) is 59.1 Å². The van der Waals surface area contributed by atoms with E-state index >= 15 is 0 Å². The van der Waals surface area contributed by atoms with Crippen LogP contribution in [0.3, 0.4) is 0 Å². The number of rotatable bonds is 6. The van der Waals surface area contributed by atoms with Crippen LogP contribution in [0, 0.1) is 0 Å². The average Bonchev–Trinajstić information content (AvgIpc) is 2.73. The minimum atomic E-state index is -0.0799. The molecule has 1 aliphatic heterocycles. The normalized spacial score (nSPS) is 19.2. The zero-order valence-electron chi connectivity index (χ0n) is 16.3. The molecule has 2 atom stereocenters. The SMILES string of the molecule is C[C@@H]1CN(C(=O)COc2ccccc2)[C@H](C)CN1C(=O)COc1ccccc1. The van der Waals surface area contributed by atoms with Crippen LogP contribution >= 0.6 is 0 Å². The van der Waals surface area contributed by atoms with Gasteiger partial charge in [0.25, 0.3) is 11.8 Å². The van der Waals surface area contributed by atoms with E-state index in [4.69, 9.17) is 9.47 Å². The summed E-state index contributed by atoms with van der Waals surface area (Å²) in [5, 5.41) is 0. The molecule has 0 bridgehead atoms. The molecule has 1 aliphatic rings. The Morgan fingerprint density at radius 3 is 1.46 bits per heavy atom. The molecule has 2 aromatic carbocycles. The molecular weight excluding hydrogens is 356 g/mol. The van der Waals surface area contributed by atoms with Crippen molar-refractivity contribution in [1.29, 1.82) is 0 Å². The summed E-state index contributed by atoms with van der Waals surface area (Å²) >= 11 is 0. The molecule has 0 spiro atoms. The van der Waals surface area contributed by atoms with E-state index in [1.54, 1.807) is 9.80 Å². The lowest BCUT2D eigenvalue weighted by molar-refractivity contribution is -0.148. The third-order valence-electron chi connectivity index (χ3n) is 4.84. The van der Waals surface area contributed by atoms with Crippen molar-refractivity contribution in [1.82, 2.24) is 9.80 Å². The van der Waals surface area contributed by atoms with E-state index in [1.807, 2.05) is 74.5 Å². The molecule has 148 valence electrons. The van der Waals surface area contributed by atoms with E-state index < -0.39 is 0 Å². The van der Waals surface area contributed by atoms with Gasteiger partial charge in [0.1, 0.15) is 11.5 Å². The second-order valence-corrected chi connectivity index (χ2v) is 6.99. The van der Waals surface area contributed by atoms with Crippen LogP contribution < -0.4 is 9.47 Å². The summed E-state index contributed by atoms with van der Waals surface area (Å²) < 4.78 is 11.1. The fourth-order valence-electron chi connectivity index (χ4n) is 3.31. The molecule has 0 aromatic heterocycles. The quantitative estimate of drug-likeness (QED) is 0.771. The maximum atomic E-state index is 12.6. The third kappa shape index (κ3) is 5.03. The molecule has 1 saturated heterocycles. The zero-order valence-corrected chi connectivity index (χ0v) is 16.3. The largest absolute Gasteiger partial charge is 0.484 e. The molecule has 1 fully saturated rings. The first-order valence-electron chi connectivity index (χ1n) is 9.49. The summed E-state index contributed by atoms with van der Waals surface area (Å²) in [7, 11) is 0. The van der Waals surface area contributed by atoms with Gasteiger partial charge in [-0.3, -0.25) is 9.59 Å². The van der Waals surface area contributed by atoms with Crippen molar-refractivity contribution in [2.24, 2.45) is 0 Å². The first-order chi connectivity index (χ1) is 13.5. The molecule has 0 radical (unpaired) electrons. The van der Waals surface area contributed by atoms with E-state index in [2.05, 4.69) is 0 Å². The lowest BCUT2D eigenvalue weighted by atomic mass is 10.1. The van der Waals surface area contributed by atoms with Crippen molar-refractivity contribution >= 4 is 11.8 Å². The number of piperazine rings is 1. The van der Waals surface area contributed by atoms with Gasteiger partial charge in [-0.1, -0.05) is 36.4 Å². The summed E-state index contributed by atoms with van der Waals surface area (Å²) in [5.74, 6) is 1.19. The number of hydrogen-bond acceptors (Lipinski definition) is 4. The van der Waals surface area contributed by atoms with Crippen LogP contribution in [-0.4, -0.2) is 60.0 Å². The number of hydrogen-bond donors (Lipinski definition) is 0. The standard InChI is InChI=1S/C22H26N2O4/c1-17-13-24(22(26)16-28-20-11-7-4-8-12-20)18(2)14-23(17)21(25)15-27-19-9-5-3-6-10-19/h3-12,17-18H,13-16H2,1-2H3/t17-,18-/m1/s1. The lowest BCUT2D eigenvalue weighted by Crippen LogP contribution is -2.60. The van der Waals surface area contributed by atoms with E-state index in [0.717, 1.165) is 0 Å². The summed E-state index contributed by atoms with van der Waals surface area (Å²) in [6, 6.07) is 18.4. The van der Waals surface area contributed by atoms with Gasteiger partial charge in [-0.05, 0) is 38.1 Å². The third-order valence-corrected chi connectivity index (χ3v) is 4.84. The summed E-state index contributed by atoms with van der Waals surface area (Å²) in [6.45, 7) is 4.85. The minimum absolute atomic E-state index is 0.00780. The molecule has 1 heterocycles. The van der Waals surface area contributed by atoms with Gasteiger partial charge in [-0.2, -0.15) is 0 Å². The Labute approximate surface area is 165 Å². The second kappa shape index (κ2) is 9.26. The van der Waals surface area contributed by atoms with Gasteiger partial charge in [-0.15, -0.1) is 0 Å². The maximum Gasteiger partial charge on any atom is 0.260 e. The van der Waals surface area contributed by atoms with Crippen molar-refractivity contribution in [3.05, 3.63) is 60.7 Å². The first-order valence-corrected chi connectivity index (χ1v) is 9.49. The second-order valence-electron chi connectivity index (χ2n) is 6.99. The Kier molecular flexibility index (Phi) is 6.53. The van der Waals surface area contributed by atoms with E-state index in [-0.39, 0.29) is 37.1 Å². The summed E-state index contributed by atoms with van der Waals surface area (Å²) in [6.07, 6.45) is 0. The zero-order chi connectivity index (χ0) is 19.9. The minimum Gasteiger partial charge on any atom is -0.484 e. The molecule has 2 amide bonds. The number of para-hydroxylation sites is 2. The number of carbonyl (C=O) groups excluding carboxylic acids is 2. The highest BCUT2D eigenvalue weighted by molar-refractivity contribution is 5.80. The Hall–Kier alpha value is -3.02. The van der Waals surface area contributed by atoms with Crippen LogP contribution in [0.2, 0.25) is 0 Å². The van der Waals surface area contributed by atoms with Crippen molar-refractivity contribution < 1.29 is 19.1 Å². The first kappa shape index (κ1) is 19.7. The number of benzene rings is 2. The number of amides is 2. The molecule has 0 saturated carbocycles. The molecule has 6 heteroatoms. The van der Waals surface area contributed by atoms with Gasteiger partial charge >= 0.3 is 0 Å². The molecule has 28 heavy (non-hydrogen) atoms. The fraction of sp³-hybridized carbons (Fsp3) is 0.364. The summed E-state index contributed by atoms with van der Waals surface area (Å²) in [4.78, 5) is 28.7. The van der Waals surface area contributed by atoms with E-state index in [1.165, 1.54) is 0 Å². The molecule has 0 aliphatic carbocycles. The van der Waals surface area contributed by atoms with Gasteiger partial charge in [0, 0.05) is 25.2 Å². The average molecular weight is 382 g/mol. The van der Waals surface area contributed by atoms with Crippen LogP contribution in [0.4, 0.5) is 0 Å². The van der Waals surface area contributed by atoms with Gasteiger partial charge in [0.05, 0.1) is 0 Å². The molecule has 3 rings (SSSR count). The Morgan fingerprint density at radius 1 is 0.750 bits per heavy atom. The molecule has 2 aromatic rings. The Balaban J connectivity index is 1.51. The van der Waals surface area contributed by atoms with Crippen LogP contribution in [-0.2, 0) is 9.59 Å². The highest BCUT2D eigenvalue weighted by Gasteiger charge is 2.34. The molecule has 0 unspecified atom stereocenters. The molecular formula is C22H26N2O4. The smallest absolute Gasteiger partial charge is 0.260 e. The van der Waals surface area contributed by atoms with Crippen molar-refractivity contribution in [2.75, 3.05) is 26.3 Å². The lowest BCUT2D eigenvalue weighted by Gasteiger charge is -2.44. The van der Waals surface area contributed by atoms with Gasteiger partial charge < -0.3 is 19.3 Å². The molecule has 0 N–H and O–H groups in total. The predicted octanol–water partition coefficient (Wildman–Crippen LogP) is 2.59. The van der Waals surface area contributed by atoms with Gasteiger partial charge in [0.15, 0.2) is 13.2 Å². The van der Waals surface area contributed by atoms with Crippen LogP contribution in [0.5, 0.6) is 11.5 Å². The Morgan fingerprint density at radius 2 is 1.11 bits per heavy atom. The predicted molar refractivity (Wildman–Crippen MR) is 106 cm³/mol. The number of carbonyl (C=O) groups is 2. The van der Waals surface area contributed by atoms with Crippen molar-refractivity contribution in [2.45, 2.75) is 25.9 Å². The number of ether oxygens (including phenoxy) is 2. The Bertz CT molecular complexity index is 714. The summed E-state index contributed by atoms with van der Waals surface area (Å²) in [5.41, 5.74) is 0. The number of nitrogens with zero attached hydrogens (tertiary/aromatic N) is 2. The van der Waals surface area contributed by atoms with E-state index in [9.17, 15) is 9.59 Å². The highest BCUT2D eigenvalue weighted by Crippen LogP contribution is 2.17. The van der Waals surface area contributed by atoms with Crippen molar-refractivity contribution in [3.8, 4) is 11.5 Å². The van der Waals surface area contributed by atoms with Gasteiger partial charge in [-0.25, -0.2) is 0 Å². The van der Waals surface area contributed by atoms with Crippen LogP contribution in [0.15, 0.2) is 60.7 Å². The van der Waals surface area contributed by atoms with Crippen molar-refractivity contribution in [3.63, 3.8) is 0 Å². The highest BCUT2D eigenvalue weighted by atomic mass is 16.5. The van der Waals surface area contributed by atoms with E-state index in [0.29, 0.717) is 24.6 Å². The maximum absolute atomic E-state index is 12.6. The van der Waals surface area contributed by atoms with Crippen LogP contribution in [0.25, 0.3) is 0 Å². The monoisotopic (exact) mass is 382 g/mol. The van der Waals surface area contributed by atoms with Crippen LogP contribution in [0.1, 0.15) is 13.8 Å². The fourth-order valence-corrected chi connectivity index (χ4v) is 3.31. The van der Waals surface area contributed by atoms with Gasteiger partial charge in [0.2, 0.25) is 0 Å².